The van der Waals surface area contributed by atoms with Crippen LogP contribution in [0.2, 0.25) is 5.02 Å². The molecule has 5 nitrogen and oxygen atoms in total. The maximum absolute atomic E-state index is 12.2. The number of piperazine rings is 1. The first kappa shape index (κ1) is 16.2. The Labute approximate surface area is 134 Å². The van der Waals surface area contributed by atoms with Gasteiger partial charge in [-0.25, -0.2) is 0 Å². The summed E-state index contributed by atoms with van der Waals surface area (Å²) in [5.41, 5.74) is 0.864. The fraction of sp³-hybridized carbons (Fsp3) is 0.500. The summed E-state index contributed by atoms with van der Waals surface area (Å²) >= 11 is 6.18. The van der Waals surface area contributed by atoms with Crippen molar-refractivity contribution < 1.29 is 14.3 Å². The van der Waals surface area contributed by atoms with E-state index in [2.05, 4.69) is 5.32 Å². The van der Waals surface area contributed by atoms with E-state index in [1.54, 1.807) is 6.07 Å². The van der Waals surface area contributed by atoms with Gasteiger partial charge in [-0.3, -0.25) is 4.79 Å². The molecule has 3 rings (SSSR count). The molecule has 0 spiro atoms. The minimum atomic E-state index is 0. The van der Waals surface area contributed by atoms with Gasteiger partial charge in [0.1, 0.15) is 13.2 Å². The molecule has 1 fully saturated rings. The van der Waals surface area contributed by atoms with Crippen molar-refractivity contribution in [3.05, 3.63) is 22.7 Å². The standard InChI is InChI=1S/C14H17ClN2O3.ClH/c15-11-7-10(8-12-14(11)20-6-5-19-12)9-13(18)17-3-1-16-2-4-17;/h7-8,16H,1-6,9H2;1H. The summed E-state index contributed by atoms with van der Waals surface area (Å²) in [7, 11) is 0. The first-order valence-electron chi connectivity index (χ1n) is 6.80. The highest BCUT2D eigenvalue weighted by atomic mass is 35.5. The number of carbonyl (C=O) groups excluding carboxylic acids is 1. The number of nitrogens with one attached hydrogen (secondary N) is 1. The van der Waals surface area contributed by atoms with Crippen LogP contribution in [-0.2, 0) is 11.2 Å². The highest BCUT2D eigenvalue weighted by Crippen LogP contribution is 2.38. The molecule has 1 aromatic rings. The third-order valence-corrected chi connectivity index (χ3v) is 3.76. The number of ether oxygens (including phenoxy) is 2. The van der Waals surface area contributed by atoms with Gasteiger partial charge in [-0.15, -0.1) is 12.4 Å². The lowest BCUT2D eigenvalue weighted by molar-refractivity contribution is -0.131. The summed E-state index contributed by atoms with van der Waals surface area (Å²) in [5, 5.41) is 3.74. The van der Waals surface area contributed by atoms with Crippen LogP contribution in [0.25, 0.3) is 0 Å². The summed E-state index contributed by atoms with van der Waals surface area (Å²) in [6.07, 6.45) is 0.344. The van der Waals surface area contributed by atoms with E-state index in [1.165, 1.54) is 0 Å². The molecule has 0 aromatic heterocycles. The SMILES string of the molecule is Cl.O=C(Cc1cc(Cl)c2c(c1)OCCO2)N1CCNCC1. The molecule has 7 heteroatoms. The normalized spacial score (nSPS) is 17.1. The van der Waals surface area contributed by atoms with Crippen molar-refractivity contribution in [1.29, 1.82) is 0 Å². The van der Waals surface area contributed by atoms with Gasteiger partial charge < -0.3 is 19.7 Å². The summed E-state index contributed by atoms with van der Waals surface area (Å²) < 4.78 is 11.0. The lowest BCUT2D eigenvalue weighted by Gasteiger charge is -2.27. The molecule has 1 N–H and O–H groups in total. The number of hydrogen-bond acceptors (Lipinski definition) is 4. The summed E-state index contributed by atoms with van der Waals surface area (Å²) in [6.45, 7) is 4.25. The molecule has 2 heterocycles. The van der Waals surface area contributed by atoms with Crippen molar-refractivity contribution in [1.82, 2.24) is 10.2 Å². The zero-order valence-corrected chi connectivity index (χ0v) is 13.1. The van der Waals surface area contributed by atoms with Gasteiger partial charge in [0.25, 0.3) is 0 Å². The third-order valence-electron chi connectivity index (χ3n) is 3.48. The quantitative estimate of drug-likeness (QED) is 0.891. The Morgan fingerprint density at radius 3 is 2.71 bits per heavy atom. The van der Waals surface area contributed by atoms with Gasteiger partial charge in [-0.1, -0.05) is 11.6 Å². The molecule has 1 amide bonds. The number of fused-ring (bicyclic) bond motifs is 1. The molecule has 0 atom stereocenters. The van der Waals surface area contributed by atoms with Crippen LogP contribution in [0.3, 0.4) is 0 Å². The van der Waals surface area contributed by atoms with Crippen LogP contribution < -0.4 is 14.8 Å². The summed E-state index contributed by atoms with van der Waals surface area (Å²) in [6, 6.07) is 3.63. The molecule has 0 unspecified atom stereocenters. The zero-order valence-electron chi connectivity index (χ0n) is 11.6. The van der Waals surface area contributed by atoms with Crippen molar-refractivity contribution in [2.45, 2.75) is 6.42 Å². The summed E-state index contributed by atoms with van der Waals surface area (Å²) in [5.74, 6) is 1.34. The fourth-order valence-electron chi connectivity index (χ4n) is 2.47. The van der Waals surface area contributed by atoms with Crippen molar-refractivity contribution >= 4 is 29.9 Å². The largest absolute Gasteiger partial charge is 0.486 e. The van der Waals surface area contributed by atoms with Crippen LogP contribution in [0.15, 0.2) is 12.1 Å². The molecule has 2 aliphatic heterocycles. The van der Waals surface area contributed by atoms with Crippen molar-refractivity contribution in [3.8, 4) is 11.5 Å². The van der Waals surface area contributed by atoms with Gasteiger partial charge >= 0.3 is 0 Å². The predicted molar refractivity (Wildman–Crippen MR) is 82.8 cm³/mol. The number of carbonyl (C=O) groups is 1. The average molecular weight is 333 g/mol. The molecule has 21 heavy (non-hydrogen) atoms. The number of nitrogens with zero attached hydrogens (tertiary/aromatic N) is 1. The van der Waals surface area contributed by atoms with Crippen LogP contribution in [-0.4, -0.2) is 50.2 Å². The topological polar surface area (TPSA) is 50.8 Å². The number of halogens is 2. The van der Waals surface area contributed by atoms with E-state index in [-0.39, 0.29) is 18.3 Å². The van der Waals surface area contributed by atoms with Gasteiger partial charge in [-0.2, -0.15) is 0 Å². The van der Waals surface area contributed by atoms with Gasteiger partial charge in [0.05, 0.1) is 11.4 Å². The molecule has 0 saturated carbocycles. The van der Waals surface area contributed by atoms with Gasteiger partial charge in [-0.05, 0) is 17.7 Å². The molecule has 1 saturated heterocycles. The monoisotopic (exact) mass is 332 g/mol. The molecule has 2 aliphatic rings. The highest BCUT2D eigenvalue weighted by Gasteiger charge is 2.20. The van der Waals surface area contributed by atoms with E-state index in [0.717, 1.165) is 31.7 Å². The van der Waals surface area contributed by atoms with Crippen LogP contribution in [0.1, 0.15) is 5.56 Å². The van der Waals surface area contributed by atoms with Gasteiger partial charge in [0, 0.05) is 26.2 Å². The Balaban J connectivity index is 0.00000161. The lowest BCUT2D eigenvalue weighted by Crippen LogP contribution is -2.46. The van der Waals surface area contributed by atoms with Gasteiger partial charge in [0.2, 0.25) is 5.91 Å². The van der Waals surface area contributed by atoms with Crippen LogP contribution in [0.4, 0.5) is 0 Å². The van der Waals surface area contributed by atoms with E-state index in [1.807, 2.05) is 11.0 Å². The number of benzene rings is 1. The Hall–Kier alpha value is -1.17. The Kier molecular flexibility index (Phi) is 5.56. The van der Waals surface area contributed by atoms with E-state index < -0.39 is 0 Å². The second kappa shape index (κ2) is 7.20. The maximum Gasteiger partial charge on any atom is 0.227 e. The van der Waals surface area contributed by atoms with Crippen LogP contribution >= 0.6 is 24.0 Å². The van der Waals surface area contributed by atoms with Crippen LogP contribution in [0, 0.1) is 0 Å². The van der Waals surface area contributed by atoms with E-state index >= 15 is 0 Å². The number of hydrogen-bond donors (Lipinski definition) is 1. The molecule has 0 radical (unpaired) electrons. The first-order chi connectivity index (χ1) is 9.74. The summed E-state index contributed by atoms with van der Waals surface area (Å²) in [4.78, 5) is 14.1. The molecule has 116 valence electrons. The molecular weight excluding hydrogens is 315 g/mol. The van der Waals surface area contributed by atoms with E-state index in [0.29, 0.717) is 36.2 Å². The first-order valence-corrected chi connectivity index (χ1v) is 7.18. The number of amides is 1. The Morgan fingerprint density at radius 1 is 1.24 bits per heavy atom. The van der Waals surface area contributed by atoms with E-state index in [9.17, 15) is 4.79 Å². The molecular formula is C14H18Cl2N2O3. The molecule has 1 aromatic carbocycles. The van der Waals surface area contributed by atoms with Crippen LogP contribution in [0.5, 0.6) is 11.5 Å². The molecule has 0 aliphatic carbocycles. The smallest absolute Gasteiger partial charge is 0.227 e. The van der Waals surface area contributed by atoms with Gasteiger partial charge in [0.15, 0.2) is 11.5 Å². The second-order valence-electron chi connectivity index (χ2n) is 4.91. The lowest BCUT2D eigenvalue weighted by atomic mass is 10.1. The minimum Gasteiger partial charge on any atom is -0.486 e. The predicted octanol–water partition coefficient (Wildman–Crippen LogP) is 1.51. The Bertz CT molecular complexity index is 519. The van der Waals surface area contributed by atoms with E-state index in [4.69, 9.17) is 21.1 Å². The van der Waals surface area contributed by atoms with Crippen molar-refractivity contribution in [3.63, 3.8) is 0 Å². The maximum atomic E-state index is 12.2. The second-order valence-corrected chi connectivity index (χ2v) is 5.32. The highest BCUT2D eigenvalue weighted by molar-refractivity contribution is 6.32. The third kappa shape index (κ3) is 3.73. The fourth-order valence-corrected chi connectivity index (χ4v) is 2.75. The zero-order chi connectivity index (χ0) is 13.9. The Morgan fingerprint density at radius 2 is 1.95 bits per heavy atom. The minimum absolute atomic E-state index is 0. The molecule has 0 bridgehead atoms. The van der Waals surface area contributed by atoms with Crippen molar-refractivity contribution in [2.75, 3.05) is 39.4 Å². The van der Waals surface area contributed by atoms with Crippen molar-refractivity contribution in [2.24, 2.45) is 0 Å². The number of rotatable bonds is 2. The average Bonchev–Trinajstić information content (AvgIpc) is 2.48.